The summed E-state index contributed by atoms with van der Waals surface area (Å²) < 4.78 is 0.838. The molecule has 0 aliphatic rings. The Morgan fingerprint density at radius 2 is 1.85 bits per heavy atom. The van der Waals surface area contributed by atoms with Gasteiger partial charge in [0.25, 0.3) is 0 Å². The third-order valence-electron chi connectivity index (χ3n) is 2.42. The molecule has 0 aliphatic carbocycles. The predicted octanol–water partition coefficient (Wildman–Crippen LogP) is 3.14. The zero-order valence-electron chi connectivity index (χ0n) is 11.3. The van der Waals surface area contributed by atoms with Crippen LogP contribution in [0.5, 0.6) is 0 Å². The van der Waals surface area contributed by atoms with Gasteiger partial charge < -0.3 is 15.5 Å². The van der Waals surface area contributed by atoms with E-state index in [4.69, 9.17) is 11.6 Å². The van der Waals surface area contributed by atoms with Crippen LogP contribution in [-0.2, 0) is 0 Å². The first kappa shape index (κ1) is 14.8. The Hall–Kier alpha value is -1.60. The van der Waals surface area contributed by atoms with Crippen LogP contribution < -0.4 is 15.5 Å². The average Bonchev–Trinajstić information content (AvgIpc) is 2.42. The zero-order chi connectivity index (χ0) is 14.7. The number of rotatable bonds is 4. The molecule has 8 heteroatoms. The molecule has 106 valence electrons. The number of benzene rings is 1. The van der Waals surface area contributed by atoms with Crippen LogP contribution in [0.2, 0.25) is 5.02 Å². The molecule has 0 atom stereocenters. The summed E-state index contributed by atoms with van der Waals surface area (Å²) in [6.07, 6.45) is 0. The van der Waals surface area contributed by atoms with Gasteiger partial charge in [-0.2, -0.15) is 15.0 Å². The number of aromatic nitrogens is 3. The second-order valence-corrected chi connectivity index (χ2v) is 5.44. The van der Waals surface area contributed by atoms with Crippen molar-refractivity contribution in [3.63, 3.8) is 0 Å². The van der Waals surface area contributed by atoms with E-state index in [1.165, 1.54) is 0 Å². The molecule has 6 nitrogen and oxygen atoms in total. The Morgan fingerprint density at radius 3 is 2.45 bits per heavy atom. The van der Waals surface area contributed by atoms with E-state index in [1.807, 2.05) is 31.1 Å². The Labute approximate surface area is 130 Å². The monoisotopic (exact) mass is 356 g/mol. The molecule has 20 heavy (non-hydrogen) atoms. The van der Waals surface area contributed by atoms with Gasteiger partial charge in [0.15, 0.2) is 0 Å². The van der Waals surface area contributed by atoms with E-state index in [1.54, 1.807) is 13.1 Å². The molecule has 0 saturated heterocycles. The third kappa shape index (κ3) is 3.49. The van der Waals surface area contributed by atoms with Gasteiger partial charge in [0.05, 0.1) is 5.02 Å². The summed E-state index contributed by atoms with van der Waals surface area (Å²) in [5.41, 5.74) is 0.802. The van der Waals surface area contributed by atoms with Gasteiger partial charge >= 0.3 is 0 Å². The third-order valence-corrected chi connectivity index (χ3v) is 3.66. The summed E-state index contributed by atoms with van der Waals surface area (Å²) in [4.78, 5) is 14.6. The molecule has 0 unspecified atom stereocenters. The topological polar surface area (TPSA) is 66.0 Å². The smallest absolute Gasteiger partial charge is 0.233 e. The molecule has 0 spiro atoms. The highest BCUT2D eigenvalue weighted by Gasteiger charge is 2.08. The second-order valence-electron chi connectivity index (χ2n) is 4.18. The molecule has 0 amide bonds. The van der Waals surface area contributed by atoms with Crippen molar-refractivity contribution in [1.82, 2.24) is 15.0 Å². The van der Waals surface area contributed by atoms with E-state index < -0.39 is 0 Å². The van der Waals surface area contributed by atoms with E-state index in [0.29, 0.717) is 22.9 Å². The fourth-order valence-corrected chi connectivity index (χ4v) is 1.86. The molecule has 0 fully saturated rings. The lowest BCUT2D eigenvalue weighted by Crippen LogP contribution is -2.15. The first-order valence-corrected chi connectivity index (χ1v) is 7.00. The highest BCUT2D eigenvalue weighted by molar-refractivity contribution is 9.10. The number of hydrogen-bond acceptors (Lipinski definition) is 6. The summed E-state index contributed by atoms with van der Waals surface area (Å²) in [7, 11) is 5.50. The summed E-state index contributed by atoms with van der Waals surface area (Å²) in [5, 5.41) is 6.63. The molecule has 0 bridgehead atoms. The normalized spacial score (nSPS) is 10.2. The first-order valence-electron chi connectivity index (χ1n) is 5.83. The Morgan fingerprint density at radius 1 is 1.15 bits per heavy atom. The van der Waals surface area contributed by atoms with Crippen molar-refractivity contribution >= 4 is 51.1 Å². The standard InChI is InChI=1S/C12H14BrClN6/c1-15-10-17-11(19-12(18-10)20(2)3)16-7-4-5-8(13)9(14)6-7/h4-6H,1-3H3,(H2,15,16,17,18,19). The van der Waals surface area contributed by atoms with Crippen molar-refractivity contribution in [2.45, 2.75) is 0 Å². The molecule has 2 rings (SSSR count). The predicted molar refractivity (Wildman–Crippen MR) is 86.1 cm³/mol. The van der Waals surface area contributed by atoms with Crippen LogP contribution >= 0.6 is 27.5 Å². The molecule has 1 aromatic carbocycles. The minimum atomic E-state index is 0.450. The van der Waals surface area contributed by atoms with Crippen LogP contribution in [0, 0.1) is 0 Å². The highest BCUT2D eigenvalue weighted by Crippen LogP contribution is 2.27. The molecule has 2 aromatic rings. The van der Waals surface area contributed by atoms with Crippen LogP contribution in [-0.4, -0.2) is 36.1 Å². The second kappa shape index (κ2) is 6.23. The highest BCUT2D eigenvalue weighted by atomic mass is 79.9. The SMILES string of the molecule is CNc1nc(Nc2ccc(Br)c(Cl)c2)nc(N(C)C)n1. The molecule has 0 aliphatic heterocycles. The van der Waals surface area contributed by atoms with E-state index in [9.17, 15) is 0 Å². The fourth-order valence-electron chi connectivity index (χ4n) is 1.44. The molecular weight excluding hydrogens is 344 g/mol. The van der Waals surface area contributed by atoms with E-state index in [0.717, 1.165) is 10.2 Å². The van der Waals surface area contributed by atoms with Crippen LogP contribution in [0.3, 0.4) is 0 Å². The van der Waals surface area contributed by atoms with E-state index in [2.05, 4.69) is 41.5 Å². The maximum atomic E-state index is 6.06. The summed E-state index contributed by atoms with van der Waals surface area (Å²) in [5.74, 6) is 1.51. The maximum Gasteiger partial charge on any atom is 0.233 e. The van der Waals surface area contributed by atoms with Gasteiger partial charge in [0.2, 0.25) is 17.8 Å². The van der Waals surface area contributed by atoms with Crippen LogP contribution in [0.25, 0.3) is 0 Å². The van der Waals surface area contributed by atoms with E-state index >= 15 is 0 Å². The van der Waals surface area contributed by atoms with Crippen molar-refractivity contribution in [1.29, 1.82) is 0 Å². The van der Waals surface area contributed by atoms with Gasteiger partial charge in [0, 0.05) is 31.3 Å². The summed E-state index contributed by atoms with van der Waals surface area (Å²) in [6, 6.07) is 5.54. The molecule has 1 heterocycles. The van der Waals surface area contributed by atoms with Crippen molar-refractivity contribution in [3.8, 4) is 0 Å². The lowest BCUT2D eigenvalue weighted by atomic mass is 10.3. The van der Waals surface area contributed by atoms with Gasteiger partial charge in [-0.25, -0.2) is 0 Å². The average molecular weight is 358 g/mol. The number of anilines is 4. The van der Waals surface area contributed by atoms with Gasteiger partial charge in [0.1, 0.15) is 0 Å². The minimum Gasteiger partial charge on any atom is -0.357 e. The van der Waals surface area contributed by atoms with Crippen molar-refractivity contribution < 1.29 is 0 Å². The van der Waals surface area contributed by atoms with Gasteiger partial charge in [-0.05, 0) is 34.1 Å². The van der Waals surface area contributed by atoms with Crippen molar-refractivity contribution in [2.75, 3.05) is 36.7 Å². The van der Waals surface area contributed by atoms with Crippen molar-refractivity contribution in [2.24, 2.45) is 0 Å². The van der Waals surface area contributed by atoms with Gasteiger partial charge in [-0.1, -0.05) is 11.6 Å². The Kier molecular flexibility index (Phi) is 4.61. The molecule has 0 radical (unpaired) electrons. The lowest BCUT2D eigenvalue weighted by Gasteiger charge is -2.13. The minimum absolute atomic E-state index is 0.450. The summed E-state index contributed by atoms with van der Waals surface area (Å²) in [6.45, 7) is 0. The maximum absolute atomic E-state index is 6.06. The largest absolute Gasteiger partial charge is 0.357 e. The Balaban J connectivity index is 2.32. The number of hydrogen-bond donors (Lipinski definition) is 2. The lowest BCUT2D eigenvalue weighted by molar-refractivity contribution is 0.963. The molecule has 2 N–H and O–H groups in total. The number of halogens is 2. The van der Waals surface area contributed by atoms with Gasteiger partial charge in [-0.15, -0.1) is 0 Å². The molecule has 0 saturated carbocycles. The van der Waals surface area contributed by atoms with E-state index in [-0.39, 0.29) is 0 Å². The van der Waals surface area contributed by atoms with Crippen LogP contribution in [0.1, 0.15) is 0 Å². The fraction of sp³-hybridized carbons (Fsp3) is 0.250. The first-order chi connectivity index (χ1) is 9.49. The van der Waals surface area contributed by atoms with Crippen molar-refractivity contribution in [3.05, 3.63) is 27.7 Å². The zero-order valence-corrected chi connectivity index (χ0v) is 13.6. The number of nitrogens with zero attached hydrogens (tertiary/aromatic N) is 4. The Bertz CT molecular complexity index is 619. The van der Waals surface area contributed by atoms with Crippen LogP contribution in [0.4, 0.5) is 23.5 Å². The quantitative estimate of drug-likeness (QED) is 0.876. The molecular formula is C12H14BrClN6. The number of nitrogens with one attached hydrogen (secondary N) is 2. The van der Waals surface area contributed by atoms with Gasteiger partial charge in [-0.3, -0.25) is 0 Å². The summed E-state index contributed by atoms with van der Waals surface area (Å²) >= 11 is 9.41. The molecule has 1 aromatic heterocycles. The van der Waals surface area contributed by atoms with Crippen LogP contribution in [0.15, 0.2) is 22.7 Å².